The van der Waals surface area contributed by atoms with Crippen molar-refractivity contribution in [2.24, 2.45) is 0 Å². The Hall–Kier alpha value is -1.78. The highest BCUT2D eigenvalue weighted by atomic mass is 16.2. The predicted octanol–water partition coefficient (Wildman–Crippen LogP) is 1.96. The van der Waals surface area contributed by atoms with Gasteiger partial charge in [0.05, 0.1) is 0 Å². The molecular formula is C14H20N4O. The van der Waals surface area contributed by atoms with E-state index in [-0.39, 0.29) is 6.03 Å². The van der Waals surface area contributed by atoms with Crippen molar-refractivity contribution < 1.29 is 4.79 Å². The van der Waals surface area contributed by atoms with Gasteiger partial charge in [-0.3, -0.25) is 0 Å². The number of rotatable bonds is 4. The van der Waals surface area contributed by atoms with Gasteiger partial charge in [-0.05, 0) is 43.4 Å². The Bertz CT molecular complexity index is 453. The molecule has 2 heterocycles. The van der Waals surface area contributed by atoms with E-state index in [0.717, 1.165) is 37.3 Å². The molecule has 3 rings (SSSR count). The Labute approximate surface area is 113 Å². The topological polar surface area (TPSA) is 57.3 Å². The van der Waals surface area contributed by atoms with E-state index in [2.05, 4.69) is 15.6 Å². The molecule has 1 aliphatic heterocycles. The monoisotopic (exact) mass is 260 g/mol. The highest BCUT2D eigenvalue weighted by Gasteiger charge is 2.21. The number of nitrogens with zero attached hydrogens (tertiary/aromatic N) is 2. The summed E-state index contributed by atoms with van der Waals surface area (Å²) in [6.07, 6.45) is 6.51. The summed E-state index contributed by atoms with van der Waals surface area (Å²) in [6.45, 7) is 2.34. The normalized spacial score (nSPS) is 18.4. The van der Waals surface area contributed by atoms with Crippen molar-refractivity contribution in [3.05, 3.63) is 23.9 Å². The molecule has 0 aromatic carbocycles. The first kappa shape index (κ1) is 12.3. The van der Waals surface area contributed by atoms with Gasteiger partial charge in [-0.2, -0.15) is 0 Å². The average Bonchev–Trinajstić information content (AvgIpc) is 3.07. The Balaban J connectivity index is 1.52. The molecule has 2 amide bonds. The van der Waals surface area contributed by atoms with Crippen LogP contribution in [0.25, 0.3) is 0 Å². The predicted molar refractivity (Wildman–Crippen MR) is 73.9 cm³/mol. The molecule has 1 aromatic rings. The van der Waals surface area contributed by atoms with Crippen LogP contribution in [-0.2, 0) is 6.54 Å². The second-order valence-electron chi connectivity index (χ2n) is 5.32. The number of urea groups is 1. The zero-order valence-corrected chi connectivity index (χ0v) is 11.1. The van der Waals surface area contributed by atoms with Crippen molar-refractivity contribution in [1.29, 1.82) is 0 Å². The SMILES string of the molecule is O=C(NCc1ccnc(NC2CC2)c1)N1CCCC1. The van der Waals surface area contributed by atoms with Crippen LogP contribution in [0.4, 0.5) is 10.6 Å². The number of carbonyl (C=O) groups excluding carboxylic acids is 1. The van der Waals surface area contributed by atoms with Crippen LogP contribution >= 0.6 is 0 Å². The minimum atomic E-state index is 0.0472. The standard InChI is InChI=1S/C14H20N4O/c19-14(18-7-1-2-8-18)16-10-11-5-6-15-13(9-11)17-12-3-4-12/h5-6,9,12H,1-4,7-8,10H2,(H,15,17)(H,16,19). The number of carbonyl (C=O) groups is 1. The maximum atomic E-state index is 11.9. The average molecular weight is 260 g/mol. The van der Waals surface area contributed by atoms with Gasteiger partial charge in [0.25, 0.3) is 0 Å². The van der Waals surface area contributed by atoms with E-state index in [1.54, 1.807) is 6.20 Å². The maximum Gasteiger partial charge on any atom is 0.317 e. The van der Waals surface area contributed by atoms with E-state index in [4.69, 9.17) is 0 Å². The fourth-order valence-electron chi connectivity index (χ4n) is 2.31. The van der Waals surface area contributed by atoms with Crippen molar-refractivity contribution in [2.45, 2.75) is 38.3 Å². The zero-order valence-electron chi connectivity index (χ0n) is 11.1. The fraction of sp³-hybridized carbons (Fsp3) is 0.571. The molecule has 2 N–H and O–H groups in total. The number of amides is 2. The number of hydrogen-bond acceptors (Lipinski definition) is 3. The van der Waals surface area contributed by atoms with Gasteiger partial charge in [-0.15, -0.1) is 0 Å². The highest BCUT2D eigenvalue weighted by molar-refractivity contribution is 5.74. The molecule has 0 bridgehead atoms. The highest BCUT2D eigenvalue weighted by Crippen LogP contribution is 2.23. The van der Waals surface area contributed by atoms with Gasteiger partial charge in [-0.1, -0.05) is 0 Å². The number of likely N-dealkylation sites (tertiary alicyclic amines) is 1. The molecule has 1 saturated carbocycles. The Morgan fingerprint density at radius 1 is 1.37 bits per heavy atom. The Morgan fingerprint density at radius 3 is 2.89 bits per heavy atom. The lowest BCUT2D eigenvalue weighted by Gasteiger charge is -2.16. The first-order chi connectivity index (χ1) is 9.31. The van der Waals surface area contributed by atoms with Crippen LogP contribution in [0, 0.1) is 0 Å². The second-order valence-corrected chi connectivity index (χ2v) is 5.32. The molecule has 5 nitrogen and oxygen atoms in total. The summed E-state index contributed by atoms with van der Waals surface area (Å²) in [7, 11) is 0. The maximum absolute atomic E-state index is 11.9. The molecular weight excluding hydrogens is 240 g/mol. The molecule has 0 spiro atoms. The van der Waals surface area contributed by atoms with Crippen LogP contribution in [0.5, 0.6) is 0 Å². The van der Waals surface area contributed by atoms with E-state index in [0.29, 0.717) is 12.6 Å². The third-order valence-corrected chi connectivity index (χ3v) is 3.59. The van der Waals surface area contributed by atoms with E-state index >= 15 is 0 Å². The minimum absolute atomic E-state index is 0.0472. The summed E-state index contributed by atoms with van der Waals surface area (Å²) in [5.74, 6) is 0.912. The minimum Gasteiger partial charge on any atom is -0.367 e. The zero-order chi connectivity index (χ0) is 13.1. The van der Waals surface area contributed by atoms with Crippen LogP contribution in [-0.4, -0.2) is 35.0 Å². The van der Waals surface area contributed by atoms with Crippen molar-refractivity contribution in [3.63, 3.8) is 0 Å². The van der Waals surface area contributed by atoms with Gasteiger partial charge in [0.2, 0.25) is 0 Å². The number of pyridine rings is 1. The lowest BCUT2D eigenvalue weighted by Crippen LogP contribution is -2.37. The first-order valence-electron chi connectivity index (χ1n) is 7.05. The Morgan fingerprint density at radius 2 is 2.16 bits per heavy atom. The second kappa shape index (κ2) is 5.47. The molecule has 0 unspecified atom stereocenters. The molecule has 1 aliphatic carbocycles. The van der Waals surface area contributed by atoms with Crippen LogP contribution in [0.15, 0.2) is 18.3 Å². The summed E-state index contributed by atoms with van der Waals surface area (Å²) in [5.41, 5.74) is 1.09. The van der Waals surface area contributed by atoms with Gasteiger partial charge in [0, 0.05) is 31.9 Å². The molecule has 102 valence electrons. The van der Waals surface area contributed by atoms with E-state index < -0.39 is 0 Å². The van der Waals surface area contributed by atoms with Crippen molar-refractivity contribution in [1.82, 2.24) is 15.2 Å². The van der Waals surface area contributed by atoms with Crippen LogP contribution in [0.3, 0.4) is 0 Å². The smallest absolute Gasteiger partial charge is 0.317 e. The summed E-state index contributed by atoms with van der Waals surface area (Å²) in [5, 5.41) is 6.33. The van der Waals surface area contributed by atoms with Gasteiger partial charge in [0.15, 0.2) is 0 Å². The number of anilines is 1. The molecule has 1 aromatic heterocycles. The molecule has 0 atom stereocenters. The summed E-state index contributed by atoms with van der Waals surface area (Å²) in [4.78, 5) is 18.0. The molecule has 5 heteroatoms. The summed E-state index contributed by atoms with van der Waals surface area (Å²) >= 11 is 0. The third-order valence-electron chi connectivity index (χ3n) is 3.59. The van der Waals surface area contributed by atoms with Crippen LogP contribution < -0.4 is 10.6 Å². The largest absolute Gasteiger partial charge is 0.367 e. The number of aromatic nitrogens is 1. The van der Waals surface area contributed by atoms with E-state index in [9.17, 15) is 4.79 Å². The number of hydrogen-bond donors (Lipinski definition) is 2. The van der Waals surface area contributed by atoms with Crippen LogP contribution in [0.2, 0.25) is 0 Å². The van der Waals surface area contributed by atoms with Gasteiger partial charge in [-0.25, -0.2) is 9.78 Å². The third kappa shape index (κ3) is 3.36. The fourth-order valence-corrected chi connectivity index (χ4v) is 2.31. The molecule has 1 saturated heterocycles. The number of nitrogens with one attached hydrogen (secondary N) is 2. The van der Waals surface area contributed by atoms with Crippen molar-refractivity contribution >= 4 is 11.8 Å². The summed E-state index contributed by atoms with van der Waals surface area (Å²) in [6, 6.07) is 4.61. The van der Waals surface area contributed by atoms with Crippen molar-refractivity contribution in [2.75, 3.05) is 18.4 Å². The van der Waals surface area contributed by atoms with Crippen molar-refractivity contribution in [3.8, 4) is 0 Å². The Kier molecular flexibility index (Phi) is 3.53. The van der Waals surface area contributed by atoms with E-state index in [1.165, 1.54) is 12.8 Å². The lowest BCUT2D eigenvalue weighted by atomic mass is 10.2. The van der Waals surface area contributed by atoms with E-state index in [1.807, 2.05) is 17.0 Å². The van der Waals surface area contributed by atoms with Gasteiger partial charge in [0.1, 0.15) is 5.82 Å². The first-order valence-corrected chi connectivity index (χ1v) is 7.05. The van der Waals surface area contributed by atoms with Crippen LogP contribution in [0.1, 0.15) is 31.2 Å². The van der Waals surface area contributed by atoms with Gasteiger partial charge >= 0.3 is 6.03 Å². The quantitative estimate of drug-likeness (QED) is 0.870. The molecule has 19 heavy (non-hydrogen) atoms. The molecule has 2 aliphatic rings. The van der Waals surface area contributed by atoms with Gasteiger partial charge < -0.3 is 15.5 Å². The molecule has 0 radical (unpaired) electrons. The summed E-state index contributed by atoms with van der Waals surface area (Å²) < 4.78 is 0. The lowest BCUT2D eigenvalue weighted by molar-refractivity contribution is 0.208. The molecule has 2 fully saturated rings.